The summed E-state index contributed by atoms with van der Waals surface area (Å²) in [5.74, 6) is 0.670. The number of nitrogens with one attached hydrogen (secondary N) is 1. The third-order valence-corrected chi connectivity index (χ3v) is 5.47. The van der Waals surface area contributed by atoms with E-state index in [4.69, 9.17) is 10.00 Å². The Labute approximate surface area is 162 Å². The van der Waals surface area contributed by atoms with Crippen molar-refractivity contribution < 1.29 is 4.74 Å². The maximum atomic E-state index is 11.9. The molecule has 3 aromatic heterocycles. The van der Waals surface area contributed by atoms with Gasteiger partial charge in [0, 0.05) is 30.4 Å². The zero-order valence-corrected chi connectivity index (χ0v) is 16.0. The maximum Gasteiger partial charge on any atom is 0.251 e. The highest BCUT2D eigenvalue weighted by Crippen LogP contribution is 2.33. The number of hydrogen-bond donors (Lipinski definition) is 1. The summed E-state index contributed by atoms with van der Waals surface area (Å²) >= 11 is 0. The molecule has 0 amide bonds. The van der Waals surface area contributed by atoms with E-state index in [0.29, 0.717) is 17.0 Å². The number of ether oxygens (including phenoxy) is 1. The molecule has 7 heteroatoms. The maximum absolute atomic E-state index is 11.9. The summed E-state index contributed by atoms with van der Waals surface area (Å²) in [6, 6.07) is 9.61. The molecule has 0 radical (unpaired) electrons. The number of fused-ring (bicyclic) bond motifs is 1. The molecule has 0 saturated carbocycles. The Bertz CT molecular complexity index is 1120. The van der Waals surface area contributed by atoms with Gasteiger partial charge in [-0.05, 0) is 50.6 Å². The minimum absolute atomic E-state index is 0.0630. The smallest absolute Gasteiger partial charge is 0.251 e. The largest absolute Gasteiger partial charge is 0.486 e. The Morgan fingerprint density at radius 2 is 2.14 bits per heavy atom. The summed E-state index contributed by atoms with van der Waals surface area (Å²) in [5, 5.41) is 8.82. The van der Waals surface area contributed by atoms with Crippen LogP contribution < -0.4 is 10.3 Å². The Balaban J connectivity index is 1.46. The molecule has 3 atom stereocenters. The molecule has 3 aromatic rings. The number of H-pyrrole nitrogens is 1. The lowest BCUT2D eigenvalue weighted by molar-refractivity contribution is -0.0596. The fraction of sp³-hybridized carbons (Fsp3) is 0.333. The summed E-state index contributed by atoms with van der Waals surface area (Å²) in [6.07, 6.45) is 3.52. The van der Waals surface area contributed by atoms with Crippen LogP contribution in [0.3, 0.4) is 0 Å². The molecule has 1 aliphatic rings. The van der Waals surface area contributed by atoms with E-state index in [1.54, 1.807) is 25.3 Å². The molecule has 0 unspecified atom stereocenters. The molecule has 4 rings (SSSR count). The second kappa shape index (κ2) is 7.06. The number of rotatable bonds is 4. The number of aromatic amines is 1. The van der Waals surface area contributed by atoms with Crippen LogP contribution in [0.5, 0.6) is 5.75 Å². The first kappa shape index (κ1) is 18.1. The summed E-state index contributed by atoms with van der Waals surface area (Å²) in [5.41, 5.74) is 3.55. The van der Waals surface area contributed by atoms with Crippen LogP contribution in [0.15, 0.2) is 41.5 Å². The van der Waals surface area contributed by atoms with Gasteiger partial charge in [-0.1, -0.05) is 0 Å². The minimum Gasteiger partial charge on any atom is -0.486 e. The van der Waals surface area contributed by atoms with E-state index in [1.807, 2.05) is 24.4 Å². The van der Waals surface area contributed by atoms with Crippen molar-refractivity contribution in [1.82, 2.24) is 19.9 Å². The molecule has 28 heavy (non-hydrogen) atoms. The van der Waals surface area contributed by atoms with E-state index in [9.17, 15) is 4.79 Å². The van der Waals surface area contributed by atoms with Crippen LogP contribution in [0.2, 0.25) is 0 Å². The molecular weight excluding hydrogens is 354 g/mol. The first-order chi connectivity index (χ1) is 13.5. The Hall–Kier alpha value is -3.24. The van der Waals surface area contributed by atoms with E-state index in [2.05, 4.69) is 33.7 Å². The number of likely N-dealkylation sites (tertiary alicyclic amines) is 1. The fourth-order valence-electron chi connectivity index (χ4n) is 3.56. The van der Waals surface area contributed by atoms with E-state index < -0.39 is 0 Å². The van der Waals surface area contributed by atoms with Crippen molar-refractivity contribution in [3.05, 3.63) is 63.8 Å². The third-order valence-electron chi connectivity index (χ3n) is 5.47. The normalized spacial score (nSPS) is 20.4. The van der Waals surface area contributed by atoms with Crippen LogP contribution >= 0.6 is 0 Å². The van der Waals surface area contributed by atoms with Crippen LogP contribution in [0.1, 0.15) is 36.7 Å². The molecule has 142 valence electrons. The van der Waals surface area contributed by atoms with Crippen LogP contribution in [0.4, 0.5) is 0 Å². The summed E-state index contributed by atoms with van der Waals surface area (Å²) in [6.45, 7) is 6.82. The second-order valence-corrected chi connectivity index (χ2v) is 7.24. The van der Waals surface area contributed by atoms with Gasteiger partial charge >= 0.3 is 0 Å². The van der Waals surface area contributed by atoms with Crippen molar-refractivity contribution in [3.8, 4) is 11.8 Å². The number of hydrogen-bond acceptors (Lipinski definition) is 6. The van der Waals surface area contributed by atoms with Gasteiger partial charge in [-0.15, -0.1) is 0 Å². The first-order valence-corrected chi connectivity index (χ1v) is 9.24. The summed E-state index contributed by atoms with van der Waals surface area (Å²) < 4.78 is 6.00. The Kier molecular flexibility index (Phi) is 4.57. The van der Waals surface area contributed by atoms with E-state index in [1.165, 1.54) is 0 Å². The first-order valence-electron chi connectivity index (χ1n) is 9.24. The van der Waals surface area contributed by atoms with Gasteiger partial charge in [0.2, 0.25) is 0 Å². The predicted molar refractivity (Wildman–Crippen MR) is 105 cm³/mol. The molecule has 0 bridgehead atoms. The van der Waals surface area contributed by atoms with Crippen molar-refractivity contribution in [2.75, 3.05) is 6.54 Å². The average molecular weight is 375 g/mol. The van der Waals surface area contributed by atoms with Crippen molar-refractivity contribution >= 4 is 11.0 Å². The van der Waals surface area contributed by atoms with Gasteiger partial charge in [0.15, 0.2) is 0 Å². The van der Waals surface area contributed by atoms with Crippen molar-refractivity contribution in [2.45, 2.75) is 39.0 Å². The SMILES string of the molecule is Cc1cc2ncc([C@H](C)N3C[C@H](Oc4ccc(C#N)nc4)[C@H]3C)cc2[nH]c1=O. The quantitative estimate of drug-likeness (QED) is 0.753. The van der Waals surface area contributed by atoms with Crippen LogP contribution in [0, 0.1) is 18.3 Å². The molecule has 0 aromatic carbocycles. The zero-order valence-electron chi connectivity index (χ0n) is 16.0. The number of nitriles is 1. The lowest BCUT2D eigenvalue weighted by atomic mass is 9.95. The van der Waals surface area contributed by atoms with E-state index in [0.717, 1.165) is 23.1 Å². The topological polar surface area (TPSA) is 94.9 Å². The number of aryl methyl sites for hydroxylation is 1. The molecule has 0 spiro atoms. The molecule has 7 nitrogen and oxygen atoms in total. The molecular formula is C21H21N5O2. The van der Waals surface area contributed by atoms with Gasteiger partial charge in [0.05, 0.1) is 17.2 Å². The molecule has 1 N–H and O–H groups in total. The van der Waals surface area contributed by atoms with Gasteiger partial charge in [0.25, 0.3) is 5.56 Å². The predicted octanol–water partition coefficient (Wildman–Crippen LogP) is 2.71. The molecule has 1 aliphatic heterocycles. The lowest BCUT2D eigenvalue weighted by Crippen LogP contribution is -2.61. The second-order valence-electron chi connectivity index (χ2n) is 7.24. The Morgan fingerprint density at radius 3 is 2.82 bits per heavy atom. The van der Waals surface area contributed by atoms with E-state index in [-0.39, 0.29) is 23.7 Å². The number of pyridine rings is 3. The van der Waals surface area contributed by atoms with Gasteiger partial charge in [-0.25, -0.2) is 4.98 Å². The van der Waals surface area contributed by atoms with Crippen LogP contribution in [-0.2, 0) is 0 Å². The lowest BCUT2D eigenvalue weighted by Gasteiger charge is -2.49. The average Bonchev–Trinajstić information content (AvgIpc) is 2.71. The van der Waals surface area contributed by atoms with E-state index >= 15 is 0 Å². The van der Waals surface area contributed by atoms with Gasteiger partial charge in [-0.3, -0.25) is 14.7 Å². The molecule has 0 aliphatic carbocycles. The fourth-order valence-corrected chi connectivity index (χ4v) is 3.56. The minimum atomic E-state index is -0.0825. The number of aromatic nitrogens is 3. The molecule has 1 saturated heterocycles. The van der Waals surface area contributed by atoms with Crippen molar-refractivity contribution in [3.63, 3.8) is 0 Å². The van der Waals surface area contributed by atoms with Gasteiger partial charge in [-0.2, -0.15) is 5.26 Å². The zero-order chi connectivity index (χ0) is 19.8. The highest BCUT2D eigenvalue weighted by atomic mass is 16.5. The molecule has 4 heterocycles. The summed E-state index contributed by atoms with van der Waals surface area (Å²) in [4.78, 5) is 25.7. The van der Waals surface area contributed by atoms with Crippen molar-refractivity contribution in [1.29, 1.82) is 5.26 Å². The number of nitrogens with zero attached hydrogens (tertiary/aromatic N) is 4. The van der Waals surface area contributed by atoms with Crippen molar-refractivity contribution in [2.24, 2.45) is 0 Å². The standard InChI is InChI=1S/C21H21N5O2/c1-12-6-18-19(25-21(12)27)7-15(9-24-18)13(2)26-11-20(14(26)3)28-17-5-4-16(8-22)23-10-17/h4-7,9-10,13-14,20H,11H2,1-3H3,(H,25,27)/t13-,14+,20-/m0/s1. The third kappa shape index (κ3) is 3.23. The van der Waals surface area contributed by atoms with Crippen LogP contribution in [0.25, 0.3) is 11.0 Å². The Morgan fingerprint density at radius 1 is 1.32 bits per heavy atom. The van der Waals surface area contributed by atoms with Gasteiger partial charge in [0.1, 0.15) is 23.6 Å². The highest BCUT2D eigenvalue weighted by Gasteiger charge is 2.40. The summed E-state index contributed by atoms with van der Waals surface area (Å²) in [7, 11) is 0. The van der Waals surface area contributed by atoms with Gasteiger partial charge < -0.3 is 9.72 Å². The van der Waals surface area contributed by atoms with Crippen LogP contribution in [-0.4, -0.2) is 38.5 Å². The highest BCUT2D eigenvalue weighted by molar-refractivity contribution is 5.74. The monoisotopic (exact) mass is 375 g/mol. The molecule has 1 fully saturated rings.